The first kappa shape index (κ1) is 47.6. The fraction of sp³-hybridized carbons (Fsp3) is 0.524. The van der Waals surface area contributed by atoms with Gasteiger partial charge in [0.05, 0.1) is 18.6 Å². The summed E-state index contributed by atoms with van der Waals surface area (Å²) < 4.78 is 56.7. The minimum Gasteiger partial charge on any atom is -0.362 e. The van der Waals surface area contributed by atoms with Gasteiger partial charge < -0.3 is 31.1 Å². The van der Waals surface area contributed by atoms with Crippen LogP contribution >= 0.6 is 23.2 Å². The smallest absolute Gasteiger partial charge is 0.229 e. The zero-order chi connectivity index (χ0) is 44.9. The van der Waals surface area contributed by atoms with E-state index in [1.54, 1.807) is 27.7 Å². The molecule has 20 heteroatoms. The third kappa shape index (κ3) is 13.3. The Labute approximate surface area is 377 Å². The second kappa shape index (κ2) is 19.9. The summed E-state index contributed by atoms with van der Waals surface area (Å²) in [6.07, 6.45) is 7.81. The van der Waals surface area contributed by atoms with Gasteiger partial charge in [-0.05, 0) is 113 Å². The van der Waals surface area contributed by atoms with Crippen molar-refractivity contribution in [3.05, 3.63) is 81.1 Å². The lowest BCUT2D eigenvalue weighted by molar-refractivity contribution is 0.303. The topological polar surface area (TPSA) is 190 Å². The number of likely N-dealkylation sites (N-methyl/N-ethyl adjacent to an activating group) is 2. The van der Waals surface area contributed by atoms with Gasteiger partial charge in [0.1, 0.15) is 15.9 Å². The van der Waals surface area contributed by atoms with Crippen LogP contribution in [-0.2, 0) is 45.7 Å². The van der Waals surface area contributed by atoms with E-state index in [1.165, 1.54) is 34.6 Å². The van der Waals surface area contributed by atoms with Crippen LogP contribution in [0.25, 0.3) is 0 Å². The van der Waals surface area contributed by atoms with E-state index in [4.69, 9.17) is 23.2 Å². The van der Waals surface area contributed by atoms with E-state index < -0.39 is 37.0 Å². The maximum Gasteiger partial charge on any atom is 0.229 e. The zero-order valence-electron chi connectivity index (χ0n) is 36.6. The summed E-state index contributed by atoms with van der Waals surface area (Å²) in [7, 11) is -8.20. The minimum absolute atomic E-state index is 0.120. The predicted octanol–water partition coefficient (Wildman–Crippen LogP) is 6.12. The van der Waals surface area contributed by atoms with E-state index in [1.807, 2.05) is 12.1 Å². The zero-order valence-corrected chi connectivity index (χ0v) is 39.8. The fourth-order valence-corrected chi connectivity index (χ4v) is 10.7. The first-order valence-electron chi connectivity index (χ1n) is 21.0. The van der Waals surface area contributed by atoms with Crippen LogP contribution in [0.5, 0.6) is 0 Å². The van der Waals surface area contributed by atoms with Crippen LogP contribution in [-0.4, -0.2) is 126 Å². The van der Waals surface area contributed by atoms with Gasteiger partial charge in [-0.3, -0.25) is 0 Å². The second-order valence-electron chi connectivity index (χ2n) is 17.3. The van der Waals surface area contributed by atoms with Crippen LogP contribution in [0.2, 0.25) is 10.0 Å². The highest BCUT2D eigenvalue weighted by Crippen LogP contribution is 2.29. The van der Waals surface area contributed by atoms with Crippen molar-refractivity contribution in [3.63, 3.8) is 0 Å². The van der Waals surface area contributed by atoms with Gasteiger partial charge in [0.25, 0.3) is 0 Å². The van der Waals surface area contributed by atoms with Gasteiger partial charge in [0, 0.05) is 61.7 Å². The van der Waals surface area contributed by atoms with Crippen molar-refractivity contribution in [1.29, 1.82) is 0 Å². The Balaban J connectivity index is 1.06. The number of benzene rings is 2. The van der Waals surface area contributed by atoms with Crippen LogP contribution in [0.4, 0.5) is 34.9 Å². The Bertz CT molecular complexity index is 2440. The molecule has 2 aromatic carbocycles. The summed E-state index contributed by atoms with van der Waals surface area (Å²) in [6.45, 7) is 17.1. The first-order valence-corrected chi connectivity index (χ1v) is 25.2. The molecule has 5 N–H and O–H groups in total. The number of sulfonamides is 2. The molecule has 0 fully saturated rings. The van der Waals surface area contributed by atoms with Gasteiger partial charge in [-0.15, -0.1) is 0 Å². The van der Waals surface area contributed by atoms with Crippen LogP contribution in [0.3, 0.4) is 0 Å². The van der Waals surface area contributed by atoms with E-state index in [-0.39, 0.29) is 29.0 Å². The number of rotatable bonds is 18. The Kier molecular flexibility index (Phi) is 15.3. The van der Waals surface area contributed by atoms with Crippen molar-refractivity contribution in [2.24, 2.45) is 0 Å². The summed E-state index contributed by atoms with van der Waals surface area (Å²) in [4.78, 5) is 22.8. The molecule has 0 spiro atoms. The summed E-state index contributed by atoms with van der Waals surface area (Å²) in [5.74, 6) is 0.346. The molecule has 0 atom stereocenters. The van der Waals surface area contributed by atoms with E-state index in [2.05, 4.69) is 93.8 Å². The molecule has 2 aliphatic heterocycles. The monoisotopic (exact) mass is 930 g/mol. The molecule has 2 aromatic heterocycles. The molecule has 0 unspecified atom stereocenters. The fourth-order valence-electron chi connectivity index (χ4n) is 7.57. The number of nitrogens with zero attached hydrogens (tertiary/aromatic N) is 7. The molecule has 4 heterocycles. The lowest BCUT2D eigenvalue weighted by atomic mass is 10.0. The first-order chi connectivity index (χ1) is 29.2. The Hall–Kier alpha value is -3.88. The van der Waals surface area contributed by atoms with Crippen LogP contribution in [0.1, 0.15) is 63.8 Å². The molecule has 0 bridgehead atoms. The van der Waals surface area contributed by atoms with Gasteiger partial charge in [-0.1, -0.05) is 49.2 Å². The van der Waals surface area contributed by atoms with Crippen molar-refractivity contribution in [2.45, 2.75) is 78.3 Å². The Morgan fingerprint density at radius 1 is 0.677 bits per heavy atom. The maximum absolute atomic E-state index is 13.5. The van der Waals surface area contributed by atoms with Gasteiger partial charge in [-0.2, -0.15) is 14.3 Å². The molecule has 2 aliphatic rings. The number of fused-ring (bicyclic) bond motifs is 2. The average Bonchev–Trinajstić information content (AvgIpc) is 3.54. The highest BCUT2D eigenvalue weighted by atomic mass is 35.5. The SMILES string of the molecule is CCN1CCc2ccc(Nc3ncc(Cl)c(NC(C)(C)CNS(=O)(=O)CN(CC(C)(C)Nc4nc(Nc5ccc6c(c5)CCN(CC)CC6)ncc4Cl)S(C)(=O)=O)n3)cc2CC1. The third-order valence-corrected chi connectivity index (χ3v) is 14.2. The van der Waals surface area contributed by atoms with E-state index >= 15 is 0 Å². The predicted molar refractivity (Wildman–Crippen MR) is 251 cm³/mol. The summed E-state index contributed by atoms with van der Waals surface area (Å²) in [5.41, 5.74) is 4.97. The molecule has 0 saturated carbocycles. The van der Waals surface area contributed by atoms with Crippen molar-refractivity contribution in [3.8, 4) is 0 Å². The summed E-state index contributed by atoms with van der Waals surface area (Å²) in [5, 5.41) is 13.4. The largest absolute Gasteiger partial charge is 0.362 e. The summed E-state index contributed by atoms with van der Waals surface area (Å²) in [6, 6.07) is 12.5. The van der Waals surface area contributed by atoms with Crippen molar-refractivity contribution in [1.82, 2.24) is 38.8 Å². The maximum atomic E-state index is 13.5. The van der Waals surface area contributed by atoms with Crippen LogP contribution in [0, 0.1) is 0 Å². The van der Waals surface area contributed by atoms with Crippen molar-refractivity contribution < 1.29 is 16.8 Å². The number of hydrogen-bond acceptors (Lipinski definition) is 14. The number of anilines is 6. The molecular weight excluding hydrogens is 872 g/mol. The molecule has 62 heavy (non-hydrogen) atoms. The van der Waals surface area contributed by atoms with Gasteiger partial charge in [0.15, 0.2) is 11.6 Å². The minimum atomic E-state index is -4.19. The molecular formula is C42H60Cl2N12O4S2. The number of halogens is 2. The Morgan fingerprint density at radius 3 is 1.55 bits per heavy atom. The molecule has 16 nitrogen and oxygen atoms in total. The molecule has 4 aromatic rings. The third-order valence-electron chi connectivity index (χ3n) is 11.1. The molecule has 0 saturated heterocycles. The normalized spacial score (nSPS) is 15.6. The quantitative estimate of drug-likeness (QED) is 0.0768. The van der Waals surface area contributed by atoms with E-state index in [0.29, 0.717) is 17.7 Å². The number of nitrogens with one attached hydrogen (secondary N) is 5. The van der Waals surface area contributed by atoms with Crippen LogP contribution < -0.4 is 26.0 Å². The van der Waals surface area contributed by atoms with Gasteiger partial charge in [-0.25, -0.2) is 31.5 Å². The molecule has 6 rings (SSSR count). The van der Waals surface area contributed by atoms with Crippen molar-refractivity contribution >= 4 is 78.2 Å². The second-order valence-corrected chi connectivity index (χ2v) is 21.9. The highest BCUT2D eigenvalue weighted by Gasteiger charge is 2.33. The molecule has 338 valence electrons. The van der Waals surface area contributed by atoms with E-state index in [9.17, 15) is 16.8 Å². The number of aromatic nitrogens is 4. The average molecular weight is 932 g/mol. The molecule has 0 radical (unpaired) electrons. The standard InChI is InChI=1S/C42H60Cl2N12O4S2/c1-8-54-18-14-29-10-12-33(22-31(29)16-20-54)48-39-45-24-35(43)37(50-39)52-41(3,4)26-47-62(59,60)28-56(61(7,57)58)27-42(5,6)53-38-36(44)25-46-40(51-38)49-34-13-11-30-15-19-55(9-2)21-17-32(30)23-34/h10-13,22-25,47H,8-9,14-21,26-28H2,1-7H3,(H2,45,48,50,52)(H2,46,49,51,53). The number of hydrogen-bond donors (Lipinski definition) is 5. The van der Waals surface area contributed by atoms with E-state index in [0.717, 1.165) is 86.9 Å². The lowest BCUT2D eigenvalue weighted by Gasteiger charge is -2.33. The summed E-state index contributed by atoms with van der Waals surface area (Å²) >= 11 is 13.0. The Morgan fingerprint density at radius 2 is 1.11 bits per heavy atom. The van der Waals surface area contributed by atoms with Crippen molar-refractivity contribution in [2.75, 3.05) is 85.8 Å². The van der Waals surface area contributed by atoms with Gasteiger partial charge >= 0.3 is 0 Å². The lowest BCUT2D eigenvalue weighted by Crippen LogP contribution is -2.51. The molecule has 0 aliphatic carbocycles. The van der Waals surface area contributed by atoms with Gasteiger partial charge in [0.2, 0.25) is 31.9 Å². The van der Waals surface area contributed by atoms with Crippen LogP contribution in [0.15, 0.2) is 48.8 Å². The highest BCUT2D eigenvalue weighted by molar-refractivity contribution is 7.92. The molecule has 0 amide bonds.